The molecule has 0 bridgehead atoms. The van der Waals surface area contributed by atoms with Gasteiger partial charge in [-0.1, -0.05) is 11.6 Å². The van der Waals surface area contributed by atoms with E-state index in [0.29, 0.717) is 6.42 Å². The van der Waals surface area contributed by atoms with E-state index in [1.54, 1.807) is 11.8 Å². The van der Waals surface area contributed by atoms with Crippen molar-refractivity contribution in [1.29, 1.82) is 0 Å². The van der Waals surface area contributed by atoms with E-state index in [9.17, 15) is 13.2 Å². The van der Waals surface area contributed by atoms with Crippen LogP contribution in [0.25, 0.3) is 0 Å². The molecule has 1 aliphatic rings. The molecular formula is C15H21ClN2O3S2. The van der Waals surface area contributed by atoms with Crippen LogP contribution in [0.1, 0.15) is 6.42 Å². The van der Waals surface area contributed by atoms with E-state index in [-0.39, 0.29) is 30.0 Å². The number of hydrogen-bond donors (Lipinski definition) is 1. The maximum absolute atomic E-state index is 11.9. The molecule has 1 heterocycles. The lowest BCUT2D eigenvalue weighted by Gasteiger charge is -2.17. The van der Waals surface area contributed by atoms with Crippen molar-refractivity contribution in [3.63, 3.8) is 0 Å². The number of amides is 1. The number of hydrogen-bond acceptors (Lipinski definition) is 5. The average Bonchev–Trinajstić information content (AvgIpc) is 2.79. The first-order valence-electron chi connectivity index (χ1n) is 7.41. The van der Waals surface area contributed by atoms with Gasteiger partial charge in [-0.25, -0.2) is 8.42 Å². The molecule has 0 aromatic heterocycles. The van der Waals surface area contributed by atoms with Crippen molar-refractivity contribution in [2.24, 2.45) is 0 Å². The molecule has 128 valence electrons. The van der Waals surface area contributed by atoms with Gasteiger partial charge >= 0.3 is 0 Å². The van der Waals surface area contributed by atoms with Crippen LogP contribution in [0.5, 0.6) is 0 Å². The minimum Gasteiger partial charge on any atom is -0.351 e. The SMILES string of the molecule is CN(CCSc1ccc(Cl)cc1)CC(=O)NC1CCS(=O)(=O)C1. The van der Waals surface area contributed by atoms with Crippen molar-refractivity contribution in [2.45, 2.75) is 17.4 Å². The first-order valence-corrected chi connectivity index (χ1v) is 10.6. The standard InChI is InChI=1S/C15H21ClN2O3S2/c1-18(7-8-22-14-4-2-12(16)3-5-14)10-15(19)17-13-6-9-23(20,21)11-13/h2-5,13H,6-11H2,1H3,(H,17,19). The second kappa shape index (κ2) is 8.37. The Bertz CT molecular complexity index is 635. The van der Waals surface area contributed by atoms with Gasteiger partial charge in [0.1, 0.15) is 0 Å². The molecule has 0 spiro atoms. The Labute approximate surface area is 146 Å². The average molecular weight is 377 g/mol. The number of nitrogens with one attached hydrogen (secondary N) is 1. The van der Waals surface area contributed by atoms with Gasteiger partial charge in [0.25, 0.3) is 0 Å². The zero-order valence-corrected chi connectivity index (χ0v) is 15.4. The molecule has 1 saturated heterocycles. The number of sulfone groups is 1. The molecule has 0 aliphatic carbocycles. The number of thioether (sulfide) groups is 1. The second-order valence-electron chi connectivity index (χ2n) is 5.71. The van der Waals surface area contributed by atoms with Crippen molar-refractivity contribution in [2.75, 3.05) is 37.4 Å². The van der Waals surface area contributed by atoms with Gasteiger partial charge in [-0.15, -0.1) is 11.8 Å². The highest BCUT2D eigenvalue weighted by Gasteiger charge is 2.28. The number of benzene rings is 1. The summed E-state index contributed by atoms with van der Waals surface area (Å²) in [5, 5.41) is 3.52. The van der Waals surface area contributed by atoms with Gasteiger partial charge in [0.05, 0.1) is 18.1 Å². The minimum atomic E-state index is -2.96. The zero-order valence-electron chi connectivity index (χ0n) is 13.0. The van der Waals surface area contributed by atoms with Crippen LogP contribution in [-0.2, 0) is 14.6 Å². The molecule has 1 unspecified atom stereocenters. The largest absolute Gasteiger partial charge is 0.351 e. The molecular weight excluding hydrogens is 356 g/mol. The molecule has 1 aliphatic heterocycles. The van der Waals surface area contributed by atoms with Gasteiger partial charge in [-0.3, -0.25) is 9.69 Å². The highest BCUT2D eigenvalue weighted by molar-refractivity contribution is 7.99. The molecule has 5 nitrogen and oxygen atoms in total. The smallest absolute Gasteiger partial charge is 0.234 e. The first kappa shape index (κ1) is 18.6. The summed E-state index contributed by atoms with van der Waals surface area (Å²) in [5.41, 5.74) is 0. The summed E-state index contributed by atoms with van der Waals surface area (Å²) in [7, 11) is -1.08. The second-order valence-corrected chi connectivity index (χ2v) is 9.54. The monoisotopic (exact) mass is 376 g/mol. The third kappa shape index (κ3) is 6.71. The van der Waals surface area contributed by atoms with Gasteiger partial charge in [0.2, 0.25) is 5.91 Å². The van der Waals surface area contributed by atoms with E-state index in [1.807, 2.05) is 36.2 Å². The summed E-state index contributed by atoms with van der Waals surface area (Å²) < 4.78 is 22.7. The summed E-state index contributed by atoms with van der Waals surface area (Å²) in [4.78, 5) is 15.0. The fourth-order valence-corrected chi connectivity index (χ4v) is 5.12. The zero-order chi connectivity index (χ0) is 16.9. The minimum absolute atomic E-state index is 0.0644. The number of carbonyl (C=O) groups is 1. The molecule has 0 saturated carbocycles. The van der Waals surface area contributed by atoms with Crippen LogP contribution in [-0.4, -0.2) is 62.7 Å². The van der Waals surface area contributed by atoms with Crippen LogP contribution in [0.15, 0.2) is 29.2 Å². The Morgan fingerprint density at radius 1 is 1.39 bits per heavy atom. The topological polar surface area (TPSA) is 66.5 Å². The normalized spacial score (nSPS) is 19.9. The van der Waals surface area contributed by atoms with E-state index in [0.717, 1.165) is 22.2 Å². The molecule has 1 atom stereocenters. The molecule has 1 aromatic carbocycles. The summed E-state index contributed by atoms with van der Waals surface area (Å²) >= 11 is 7.55. The molecule has 1 fully saturated rings. The lowest BCUT2D eigenvalue weighted by molar-refractivity contribution is -0.122. The predicted molar refractivity (Wildman–Crippen MR) is 94.9 cm³/mol. The molecule has 23 heavy (non-hydrogen) atoms. The Kier molecular flexibility index (Phi) is 6.76. The van der Waals surface area contributed by atoms with E-state index in [4.69, 9.17) is 11.6 Å². The van der Waals surface area contributed by atoms with E-state index in [2.05, 4.69) is 5.32 Å². The van der Waals surface area contributed by atoms with Gasteiger partial charge in [0.15, 0.2) is 9.84 Å². The fraction of sp³-hybridized carbons (Fsp3) is 0.533. The molecule has 1 amide bonds. The van der Waals surface area contributed by atoms with Gasteiger partial charge < -0.3 is 5.32 Å². The van der Waals surface area contributed by atoms with Crippen LogP contribution >= 0.6 is 23.4 Å². The van der Waals surface area contributed by atoms with Crippen LogP contribution < -0.4 is 5.32 Å². The van der Waals surface area contributed by atoms with Crippen molar-refractivity contribution < 1.29 is 13.2 Å². The lowest BCUT2D eigenvalue weighted by atomic mass is 10.2. The van der Waals surface area contributed by atoms with E-state index >= 15 is 0 Å². The third-order valence-electron chi connectivity index (χ3n) is 3.57. The number of halogens is 1. The van der Waals surface area contributed by atoms with Crippen LogP contribution in [0.2, 0.25) is 5.02 Å². The Morgan fingerprint density at radius 2 is 2.09 bits per heavy atom. The number of likely N-dealkylation sites (N-methyl/N-ethyl adjacent to an activating group) is 1. The first-order chi connectivity index (χ1) is 10.8. The summed E-state index contributed by atoms with van der Waals surface area (Å²) in [5.74, 6) is 0.981. The van der Waals surface area contributed by atoms with Crippen molar-refractivity contribution >= 4 is 39.1 Å². The Hall–Kier alpha value is -0.760. The summed E-state index contributed by atoms with van der Waals surface area (Å²) in [6.07, 6.45) is 0.518. The van der Waals surface area contributed by atoms with Crippen LogP contribution in [0.3, 0.4) is 0 Å². The maximum atomic E-state index is 11.9. The van der Waals surface area contributed by atoms with Crippen LogP contribution in [0, 0.1) is 0 Å². The maximum Gasteiger partial charge on any atom is 0.234 e. The predicted octanol–water partition coefficient (Wildman–Crippen LogP) is 1.67. The molecule has 1 N–H and O–H groups in total. The number of rotatable bonds is 7. The third-order valence-corrected chi connectivity index (χ3v) is 6.58. The Balaban J connectivity index is 1.65. The van der Waals surface area contributed by atoms with Gasteiger partial charge in [-0.05, 0) is 37.7 Å². The van der Waals surface area contributed by atoms with Gasteiger partial charge in [-0.2, -0.15) is 0 Å². The molecule has 8 heteroatoms. The number of nitrogens with zero attached hydrogens (tertiary/aromatic N) is 1. The summed E-state index contributed by atoms with van der Waals surface area (Å²) in [6.45, 7) is 1.04. The molecule has 0 radical (unpaired) electrons. The van der Waals surface area contributed by atoms with Gasteiger partial charge in [0, 0.05) is 28.3 Å². The van der Waals surface area contributed by atoms with Crippen LogP contribution in [0.4, 0.5) is 0 Å². The van der Waals surface area contributed by atoms with Crippen molar-refractivity contribution in [3.8, 4) is 0 Å². The number of carbonyl (C=O) groups excluding carboxylic acids is 1. The van der Waals surface area contributed by atoms with E-state index in [1.165, 1.54) is 0 Å². The fourth-order valence-electron chi connectivity index (χ4n) is 2.36. The molecule has 1 aromatic rings. The quantitative estimate of drug-likeness (QED) is 0.733. The summed E-state index contributed by atoms with van der Waals surface area (Å²) in [6, 6.07) is 7.43. The lowest BCUT2D eigenvalue weighted by Crippen LogP contribution is -2.42. The molecule has 2 rings (SSSR count). The Morgan fingerprint density at radius 3 is 2.70 bits per heavy atom. The van der Waals surface area contributed by atoms with E-state index < -0.39 is 9.84 Å². The highest BCUT2D eigenvalue weighted by atomic mass is 35.5. The highest BCUT2D eigenvalue weighted by Crippen LogP contribution is 2.20. The van der Waals surface area contributed by atoms with Crippen molar-refractivity contribution in [3.05, 3.63) is 29.3 Å². The van der Waals surface area contributed by atoms with Crippen molar-refractivity contribution in [1.82, 2.24) is 10.2 Å².